The number of pyridine rings is 1. The monoisotopic (exact) mass is 262 g/mol. The van der Waals surface area contributed by atoms with Gasteiger partial charge in [0.25, 0.3) is 0 Å². The van der Waals surface area contributed by atoms with E-state index >= 15 is 0 Å². The normalized spacial score (nSPS) is 10.4. The molecule has 0 radical (unpaired) electrons. The molecule has 18 heavy (non-hydrogen) atoms. The lowest BCUT2D eigenvalue weighted by atomic mass is 10.2. The van der Waals surface area contributed by atoms with Crippen molar-refractivity contribution in [2.45, 2.75) is 13.5 Å². The van der Waals surface area contributed by atoms with Gasteiger partial charge in [-0.3, -0.25) is 0 Å². The van der Waals surface area contributed by atoms with Gasteiger partial charge in [-0.1, -0.05) is 23.7 Å². The van der Waals surface area contributed by atoms with Gasteiger partial charge in [-0.15, -0.1) is 0 Å². The van der Waals surface area contributed by atoms with Crippen LogP contribution in [0.4, 0.5) is 11.5 Å². The van der Waals surface area contributed by atoms with Crippen molar-refractivity contribution in [3.8, 4) is 0 Å². The van der Waals surface area contributed by atoms with Crippen molar-refractivity contribution in [1.29, 1.82) is 0 Å². The van der Waals surface area contributed by atoms with E-state index in [2.05, 4.69) is 11.1 Å². The maximum Gasteiger partial charge on any atom is 0.133 e. The zero-order valence-corrected chi connectivity index (χ0v) is 11.1. The Morgan fingerprint density at radius 3 is 2.78 bits per heavy atom. The first-order chi connectivity index (χ1) is 8.61. The topological polar surface area (TPSA) is 36.4 Å². The lowest BCUT2D eigenvalue weighted by Crippen LogP contribution is -2.11. The van der Waals surface area contributed by atoms with Gasteiger partial charge in [0, 0.05) is 24.5 Å². The average Bonchev–Trinajstić information content (AvgIpc) is 2.38. The minimum absolute atomic E-state index is 0.0873. The Morgan fingerprint density at radius 2 is 2.11 bits per heavy atom. The minimum Gasteiger partial charge on any atom is -0.392 e. The lowest BCUT2D eigenvalue weighted by molar-refractivity contribution is 0.282. The first-order valence-electron chi connectivity index (χ1n) is 5.67. The van der Waals surface area contributed by atoms with Crippen molar-refractivity contribution >= 4 is 23.1 Å². The molecule has 94 valence electrons. The van der Waals surface area contributed by atoms with E-state index in [0.29, 0.717) is 10.6 Å². The van der Waals surface area contributed by atoms with Crippen LogP contribution in [-0.4, -0.2) is 17.1 Å². The summed E-state index contributed by atoms with van der Waals surface area (Å²) in [7, 11) is 1.94. The van der Waals surface area contributed by atoms with Gasteiger partial charge in [-0.05, 0) is 30.7 Å². The summed E-state index contributed by atoms with van der Waals surface area (Å²) in [6.07, 6.45) is 1.56. The molecular weight excluding hydrogens is 248 g/mol. The summed E-state index contributed by atoms with van der Waals surface area (Å²) in [6, 6.07) is 9.94. The second-order valence-electron chi connectivity index (χ2n) is 4.19. The maximum absolute atomic E-state index is 9.21. The number of nitrogens with zero attached hydrogens (tertiary/aromatic N) is 2. The summed E-state index contributed by atoms with van der Waals surface area (Å²) in [5.74, 6) is 0.758. The van der Waals surface area contributed by atoms with Crippen molar-refractivity contribution in [2.24, 2.45) is 0 Å². The van der Waals surface area contributed by atoms with Crippen molar-refractivity contribution in [3.63, 3.8) is 0 Å². The number of aromatic nitrogens is 1. The van der Waals surface area contributed by atoms with Gasteiger partial charge in [0.1, 0.15) is 5.82 Å². The van der Waals surface area contributed by atoms with Gasteiger partial charge < -0.3 is 10.0 Å². The second kappa shape index (κ2) is 5.38. The zero-order valence-electron chi connectivity index (χ0n) is 10.4. The highest BCUT2D eigenvalue weighted by molar-refractivity contribution is 6.31. The fourth-order valence-corrected chi connectivity index (χ4v) is 1.90. The summed E-state index contributed by atoms with van der Waals surface area (Å²) in [6.45, 7) is 1.96. The molecule has 0 aliphatic carbocycles. The maximum atomic E-state index is 9.21. The van der Waals surface area contributed by atoms with Gasteiger partial charge in [0.05, 0.1) is 11.6 Å². The standard InChI is InChI=1S/C14H15ClN2O/c1-10-4-3-5-12(6-10)17(2)14-7-11(9-18)13(15)8-16-14/h3-8,18H,9H2,1-2H3. The molecule has 0 aliphatic heterocycles. The third-order valence-electron chi connectivity index (χ3n) is 2.82. The number of aryl methyl sites for hydroxylation is 1. The van der Waals surface area contributed by atoms with Gasteiger partial charge >= 0.3 is 0 Å². The summed E-state index contributed by atoms with van der Waals surface area (Å²) in [5, 5.41) is 9.69. The van der Waals surface area contributed by atoms with Crippen LogP contribution >= 0.6 is 11.6 Å². The van der Waals surface area contributed by atoms with E-state index in [4.69, 9.17) is 11.6 Å². The highest BCUT2D eigenvalue weighted by atomic mass is 35.5. The number of aliphatic hydroxyl groups excluding tert-OH is 1. The number of benzene rings is 1. The fourth-order valence-electron chi connectivity index (χ4n) is 1.74. The van der Waals surface area contributed by atoms with Crippen molar-refractivity contribution in [3.05, 3.63) is 52.7 Å². The number of rotatable bonds is 3. The van der Waals surface area contributed by atoms with Crippen LogP contribution in [0.3, 0.4) is 0 Å². The number of anilines is 2. The number of aliphatic hydroxyl groups is 1. The highest BCUT2D eigenvalue weighted by Gasteiger charge is 2.08. The van der Waals surface area contributed by atoms with E-state index in [0.717, 1.165) is 11.5 Å². The molecule has 1 aromatic heterocycles. The van der Waals surface area contributed by atoms with Gasteiger partial charge in [0.15, 0.2) is 0 Å². The van der Waals surface area contributed by atoms with Crippen LogP contribution in [0.1, 0.15) is 11.1 Å². The largest absolute Gasteiger partial charge is 0.392 e. The molecule has 0 saturated heterocycles. The molecular formula is C14H15ClN2O. The Labute approximate surface area is 112 Å². The first kappa shape index (κ1) is 12.9. The Kier molecular flexibility index (Phi) is 3.84. The smallest absolute Gasteiger partial charge is 0.133 e. The van der Waals surface area contributed by atoms with Gasteiger partial charge in [-0.25, -0.2) is 4.98 Å². The zero-order chi connectivity index (χ0) is 13.1. The Bertz CT molecular complexity index is 557. The molecule has 1 aromatic carbocycles. The van der Waals surface area contributed by atoms with Crippen LogP contribution in [0, 0.1) is 6.92 Å². The van der Waals surface area contributed by atoms with E-state index in [9.17, 15) is 5.11 Å². The third-order valence-corrected chi connectivity index (χ3v) is 3.16. The number of hydrogen-bond acceptors (Lipinski definition) is 3. The SMILES string of the molecule is Cc1cccc(N(C)c2cc(CO)c(Cl)cn2)c1. The number of hydrogen-bond donors (Lipinski definition) is 1. The summed E-state index contributed by atoms with van der Waals surface area (Å²) < 4.78 is 0. The Morgan fingerprint density at radius 1 is 1.33 bits per heavy atom. The lowest BCUT2D eigenvalue weighted by Gasteiger charge is -2.19. The van der Waals surface area contributed by atoms with Crippen LogP contribution in [0.5, 0.6) is 0 Å². The van der Waals surface area contributed by atoms with Crippen LogP contribution in [0.25, 0.3) is 0 Å². The fraction of sp³-hybridized carbons (Fsp3) is 0.214. The molecule has 2 rings (SSSR count). The van der Waals surface area contributed by atoms with Crippen LogP contribution in [-0.2, 0) is 6.61 Å². The summed E-state index contributed by atoms with van der Waals surface area (Å²) in [4.78, 5) is 6.24. The summed E-state index contributed by atoms with van der Waals surface area (Å²) >= 11 is 5.93. The Hall–Kier alpha value is -1.58. The third kappa shape index (κ3) is 2.63. The predicted molar refractivity (Wildman–Crippen MR) is 74.4 cm³/mol. The minimum atomic E-state index is -0.0873. The molecule has 0 spiro atoms. The molecule has 0 aliphatic rings. The molecule has 4 heteroatoms. The Balaban J connectivity index is 2.36. The van der Waals surface area contributed by atoms with Crippen molar-refractivity contribution in [2.75, 3.05) is 11.9 Å². The molecule has 0 fully saturated rings. The molecule has 0 saturated carbocycles. The van der Waals surface area contributed by atoms with Crippen LogP contribution in [0.2, 0.25) is 5.02 Å². The average molecular weight is 263 g/mol. The molecule has 0 unspecified atom stereocenters. The van der Waals surface area contributed by atoms with Gasteiger partial charge in [-0.2, -0.15) is 0 Å². The van der Waals surface area contributed by atoms with Crippen molar-refractivity contribution in [1.82, 2.24) is 4.98 Å². The van der Waals surface area contributed by atoms with E-state index in [-0.39, 0.29) is 6.61 Å². The second-order valence-corrected chi connectivity index (χ2v) is 4.60. The van der Waals surface area contributed by atoms with Crippen LogP contribution < -0.4 is 4.90 Å². The van der Waals surface area contributed by atoms with E-state index in [1.807, 2.05) is 37.1 Å². The molecule has 2 aromatic rings. The molecule has 0 bridgehead atoms. The first-order valence-corrected chi connectivity index (χ1v) is 6.05. The van der Waals surface area contributed by atoms with Crippen molar-refractivity contribution < 1.29 is 5.11 Å². The van der Waals surface area contributed by atoms with E-state index in [1.165, 1.54) is 5.56 Å². The predicted octanol–water partition coefficient (Wildman–Crippen LogP) is 3.30. The van der Waals surface area contributed by atoms with Gasteiger partial charge in [0.2, 0.25) is 0 Å². The molecule has 3 nitrogen and oxygen atoms in total. The number of halogens is 1. The van der Waals surface area contributed by atoms with E-state index < -0.39 is 0 Å². The molecule has 1 N–H and O–H groups in total. The van der Waals surface area contributed by atoms with Crippen LogP contribution in [0.15, 0.2) is 36.5 Å². The van der Waals surface area contributed by atoms with E-state index in [1.54, 1.807) is 12.3 Å². The quantitative estimate of drug-likeness (QED) is 0.922. The molecule has 0 atom stereocenters. The highest BCUT2D eigenvalue weighted by Crippen LogP contribution is 2.25. The molecule has 0 amide bonds. The molecule has 1 heterocycles. The summed E-state index contributed by atoms with van der Waals surface area (Å²) in [5.41, 5.74) is 2.92.